The molecule has 2 aliphatic heterocycles. The second-order valence-electron chi connectivity index (χ2n) is 6.65. The molecule has 1 fully saturated rings. The minimum Gasteiger partial charge on any atom is -0.355 e. The number of rotatable bonds is 5. The van der Waals surface area contributed by atoms with Crippen molar-refractivity contribution in [2.45, 2.75) is 37.5 Å². The monoisotopic (exact) mass is 480 g/mol. The van der Waals surface area contributed by atoms with Gasteiger partial charge >= 0.3 is 0 Å². The largest absolute Gasteiger partial charge is 0.355 e. The molecule has 0 saturated carbocycles. The van der Waals surface area contributed by atoms with Crippen LogP contribution in [-0.4, -0.2) is 54.6 Å². The third-order valence-electron chi connectivity index (χ3n) is 4.76. The zero-order chi connectivity index (χ0) is 16.1. The van der Waals surface area contributed by atoms with Gasteiger partial charge in [0.2, 0.25) is 0 Å². The van der Waals surface area contributed by atoms with E-state index in [-0.39, 0.29) is 24.0 Å². The maximum Gasteiger partial charge on any atom is 0.191 e. The maximum absolute atomic E-state index is 4.36. The van der Waals surface area contributed by atoms with Crippen LogP contribution in [0.2, 0.25) is 0 Å². The van der Waals surface area contributed by atoms with Crippen LogP contribution in [0, 0.1) is 0 Å². The number of nitrogens with one attached hydrogen (secondary N) is 2. The van der Waals surface area contributed by atoms with Crippen LogP contribution in [0.4, 0.5) is 0 Å². The Morgan fingerprint density at radius 3 is 3.04 bits per heavy atom. The molecule has 3 heterocycles. The molecule has 2 aliphatic rings. The Balaban J connectivity index is 0.00000208. The molecule has 0 radical (unpaired) electrons. The summed E-state index contributed by atoms with van der Waals surface area (Å²) < 4.78 is 0.375. The van der Waals surface area contributed by atoms with E-state index in [0.717, 1.165) is 32.1 Å². The minimum atomic E-state index is 0. The third kappa shape index (κ3) is 5.51. The summed E-state index contributed by atoms with van der Waals surface area (Å²) in [5.74, 6) is 2.23. The van der Waals surface area contributed by atoms with E-state index in [2.05, 4.69) is 50.7 Å². The topological polar surface area (TPSA) is 39.7 Å². The van der Waals surface area contributed by atoms with Gasteiger partial charge in [-0.05, 0) is 48.9 Å². The molecule has 1 aromatic rings. The van der Waals surface area contributed by atoms with E-state index in [9.17, 15) is 0 Å². The van der Waals surface area contributed by atoms with Crippen molar-refractivity contribution < 1.29 is 0 Å². The molecule has 24 heavy (non-hydrogen) atoms. The molecule has 0 spiro atoms. The lowest BCUT2D eigenvalue weighted by Gasteiger charge is -2.27. The molecular formula is C17H29IN4S2. The fraction of sp³-hybridized carbons (Fsp3) is 0.706. The van der Waals surface area contributed by atoms with Gasteiger partial charge in [-0.3, -0.25) is 9.89 Å². The summed E-state index contributed by atoms with van der Waals surface area (Å²) in [7, 11) is 1.86. The maximum atomic E-state index is 4.36. The van der Waals surface area contributed by atoms with Crippen molar-refractivity contribution in [2.24, 2.45) is 4.99 Å². The molecule has 1 saturated heterocycles. The average molecular weight is 480 g/mol. The number of aliphatic imine (C=N–C) groups is 1. The number of nitrogens with zero attached hydrogens (tertiary/aromatic N) is 2. The minimum absolute atomic E-state index is 0. The Bertz CT molecular complexity index is 540. The first-order valence-corrected chi connectivity index (χ1v) is 10.4. The highest BCUT2D eigenvalue weighted by atomic mass is 127. The van der Waals surface area contributed by atoms with Crippen LogP contribution < -0.4 is 10.6 Å². The smallest absolute Gasteiger partial charge is 0.191 e. The van der Waals surface area contributed by atoms with Gasteiger partial charge < -0.3 is 10.6 Å². The van der Waals surface area contributed by atoms with Crippen LogP contribution in [0.3, 0.4) is 0 Å². The van der Waals surface area contributed by atoms with Crippen molar-refractivity contribution in [2.75, 3.05) is 39.0 Å². The highest BCUT2D eigenvalue weighted by Gasteiger charge is 2.29. The number of halogens is 1. The van der Waals surface area contributed by atoms with Gasteiger partial charge in [0.25, 0.3) is 0 Å². The number of guanidine groups is 1. The summed E-state index contributed by atoms with van der Waals surface area (Å²) in [4.78, 5) is 8.47. The Morgan fingerprint density at radius 2 is 2.29 bits per heavy atom. The van der Waals surface area contributed by atoms with Crippen molar-refractivity contribution in [3.8, 4) is 0 Å². The van der Waals surface area contributed by atoms with Crippen LogP contribution in [0.5, 0.6) is 0 Å². The summed E-state index contributed by atoms with van der Waals surface area (Å²) in [5.41, 5.74) is 1.52. The normalized spacial score (nSPS) is 24.3. The lowest BCUT2D eigenvalue weighted by Crippen LogP contribution is -2.46. The molecule has 0 amide bonds. The predicted molar refractivity (Wildman–Crippen MR) is 118 cm³/mol. The summed E-state index contributed by atoms with van der Waals surface area (Å²) >= 11 is 3.99. The molecule has 1 unspecified atom stereocenters. The molecule has 1 atom stereocenters. The van der Waals surface area contributed by atoms with E-state index in [4.69, 9.17) is 0 Å². The zero-order valence-electron chi connectivity index (χ0n) is 14.6. The molecule has 2 N–H and O–H groups in total. The number of thiophene rings is 1. The average Bonchev–Trinajstić information content (AvgIpc) is 3.19. The zero-order valence-corrected chi connectivity index (χ0v) is 18.6. The second-order valence-corrected chi connectivity index (χ2v) is 9.33. The van der Waals surface area contributed by atoms with Crippen molar-refractivity contribution in [3.05, 3.63) is 21.9 Å². The second kappa shape index (κ2) is 9.64. The molecule has 0 bridgehead atoms. The lowest BCUT2D eigenvalue weighted by atomic mass is 10.1. The van der Waals surface area contributed by atoms with Gasteiger partial charge in [0, 0.05) is 49.4 Å². The molecule has 3 rings (SSSR count). The first kappa shape index (κ1) is 20.3. The Morgan fingerprint density at radius 1 is 1.42 bits per heavy atom. The van der Waals surface area contributed by atoms with Crippen LogP contribution in [0.15, 0.2) is 16.4 Å². The van der Waals surface area contributed by atoms with E-state index in [1.165, 1.54) is 37.1 Å². The highest BCUT2D eigenvalue weighted by molar-refractivity contribution is 14.0. The van der Waals surface area contributed by atoms with Gasteiger partial charge in [0.05, 0.1) is 0 Å². The summed E-state index contributed by atoms with van der Waals surface area (Å²) in [6.45, 7) is 7.65. The molecule has 7 heteroatoms. The Hall–Kier alpha value is 0.01000. The summed E-state index contributed by atoms with van der Waals surface area (Å²) in [5, 5.41) is 9.19. The molecule has 0 aliphatic carbocycles. The van der Waals surface area contributed by atoms with Gasteiger partial charge in [-0.15, -0.1) is 35.3 Å². The van der Waals surface area contributed by atoms with Crippen molar-refractivity contribution in [1.29, 1.82) is 0 Å². The van der Waals surface area contributed by atoms with Gasteiger partial charge in [0.1, 0.15) is 0 Å². The van der Waals surface area contributed by atoms with Crippen LogP contribution in [0.25, 0.3) is 0 Å². The van der Waals surface area contributed by atoms with Crippen molar-refractivity contribution >= 4 is 53.0 Å². The van der Waals surface area contributed by atoms with E-state index in [1.54, 1.807) is 4.88 Å². The Kier molecular flexibility index (Phi) is 8.16. The number of thioether (sulfide) groups is 1. The lowest BCUT2D eigenvalue weighted by molar-refractivity contribution is 0.260. The summed E-state index contributed by atoms with van der Waals surface area (Å²) in [6.07, 6.45) is 3.85. The third-order valence-corrected chi connectivity index (χ3v) is 7.32. The number of hydrogen-bond donors (Lipinski definition) is 2. The number of hydrogen-bond acceptors (Lipinski definition) is 4. The van der Waals surface area contributed by atoms with Gasteiger partial charge in [0.15, 0.2) is 5.96 Å². The predicted octanol–water partition coefficient (Wildman–Crippen LogP) is 3.17. The standard InChI is InChI=1S/C17H28N4S2.HI/c1-17(6-3-10-23-17)13-20-16(18-2)19-7-9-21-8-4-15-14(12-21)5-11-22-15;/h5,11H,3-4,6-10,12-13H2,1-2H3,(H2,18,19,20);1H. The first-order chi connectivity index (χ1) is 11.2. The van der Waals surface area contributed by atoms with Crippen molar-refractivity contribution in [1.82, 2.24) is 15.5 Å². The molecule has 4 nitrogen and oxygen atoms in total. The quantitative estimate of drug-likeness (QED) is 0.386. The fourth-order valence-corrected chi connectivity index (χ4v) is 5.43. The molecule has 1 aromatic heterocycles. The Labute approximate surface area is 171 Å². The SMILES string of the molecule is CN=C(NCCN1CCc2sccc2C1)NCC1(C)CCCS1.I. The fourth-order valence-electron chi connectivity index (χ4n) is 3.30. The van der Waals surface area contributed by atoms with Gasteiger partial charge in [-0.2, -0.15) is 11.8 Å². The van der Waals surface area contributed by atoms with Crippen LogP contribution in [0.1, 0.15) is 30.2 Å². The van der Waals surface area contributed by atoms with E-state index < -0.39 is 0 Å². The van der Waals surface area contributed by atoms with Crippen LogP contribution >= 0.6 is 47.1 Å². The van der Waals surface area contributed by atoms with E-state index in [0.29, 0.717) is 4.75 Å². The van der Waals surface area contributed by atoms with Crippen molar-refractivity contribution in [3.63, 3.8) is 0 Å². The van der Waals surface area contributed by atoms with Gasteiger partial charge in [-0.1, -0.05) is 0 Å². The molecule has 136 valence electrons. The molecular weight excluding hydrogens is 451 g/mol. The van der Waals surface area contributed by atoms with Crippen LogP contribution in [-0.2, 0) is 13.0 Å². The van der Waals surface area contributed by atoms with Gasteiger partial charge in [-0.25, -0.2) is 0 Å². The number of fused-ring (bicyclic) bond motifs is 1. The summed E-state index contributed by atoms with van der Waals surface area (Å²) in [6, 6.07) is 2.28. The van der Waals surface area contributed by atoms with E-state index in [1.807, 2.05) is 18.4 Å². The molecule has 0 aromatic carbocycles. The first-order valence-electron chi connectivity index (χ1n) is 8.55. The van der Waals surface area contributed by atoms with E-state index >= 15 is 0 Å². The highest BCUT2D eigenvalue weighted by Crippen LogP contribution is 2.36.